The van der Waals surface area contributed by atoms with E-state index in [0.29, 0.717) is 11.5 Å². The predicted octanol–water partition coefficient (Wildman–Crippen LogP) is 15.2. The Kier molecular flexibility index (Phi) is 6.82. The first kappa shape index (κ1) is 32.3. The van der Waals surface area contributed by atoms with Gasteiger partial charge in [0, 0.05) is 65.1 Å². The molecule has 0 atom stereocenters. The van der Waals surface area contributed by atoms with Gasteiger partial charge in [-0.3, -0.25) is 0 Å². The molecule has 12 rings (SSSR count). The van der Waals surface area contributed by atoms with Crippen molar-refractivity contribution in [3.8, 4) is 33.7 Å². The molecule has 0 aliphatic heterocycles. The van der Waals surface area contributed by atoms with Crippen LogP contribution in [0.15, 0.2) is 179 Å². The number of hydrogen-bond acceptors (Lipinski definition) is 5. The Labute approximate surface area is 332 Å². The second kappa shape index (κ2) is 12.0. The van der Waals surface area contributed by atoms with Crippen LogP contribution < -0.4 is 4.90 Å². The molecule has 0 bridgehead atoms. The highest BCUT2D eigenvalue weighted by Crippen LogP contribution is 2.51. The Bertz CT molecular complexity index is 3390. The molecule has 0 saturated carbocycles. The lowest BCUT2D eigenvalue weighted by atomic mass is 9.82. The maximum atomic E-state index is 6.46. The molecule has 3 aromatic heterocycles. The van der Waals surface area contributed by atoms with Crippen LogP contribution in [0, 0.1) is 0 Å². The summed E-state index contributed by atoms with van der Waals surface area (Å²) in [5.41, 5.74) is 14.9. The molecule has 11 aromatic rings. The van der Waals surface area contributed by atoms with Gasteiger partial charge in [0.05, 0.1) is 0 Å². The fraction of sp³-hybridized carbons (Fsp3) is 0.0577. The van der Waals surface area contributed by atoms with E-state index in [4.69, 9.17) is 13.8 Å². The van der Waals surface area contributed by atoms with Crippen molar-refractivity contribution >= 4 is 81.6 Å². The van der Waals surface area contributed by atoms with Gasteiger partial charge in [0.25, 0.3) is 0 Å². The van der Waals surface area contributed by atoms with Gasteiger partial charge >= 0.3 is 0 Å². The first-order chi connectivity index (χ1) is 28.0. The molecule has 3 heterocycles. The minimum Gasteiger partial charge on any atom is -0.456 e. The molecule has 0 radical (unpaired) electrons. The number of thiophene rings is 1. The first-order valence-corrected chi connectivity index (χ1v) is 20.2. The maximum absolute atomic E-state index is 6.46. The van der Waals surface area contributed by atoms with Gasteiger partial charge in [0.1, 0.15) is 16.7 Å². The van der Waals surface area contributed by atoms with E-state index >= 15 is 0 Å². The molecule has 270 valence electrons. The van der Waals surface area contributed by atoms with Gasteiger partial charge in [0.2, 0.25) is 5.89 Å². The maximum Gasteiger partial charge on any atom is 0.227 e. The highest BCUT2D eigenvalue weighted by molar-refractivity contribution is 7.25. The van der Waals surface area contributed by atoms with Crippen molar-refractivity contribution in [2.75, 3.05) is 4.90 Å². The third-order valence-corrected chi connectivity index (χ3v) is 13.1. The smallest absolute Gasteiger partial charge is 0.227 e. The number of fused-ring (bicyclic) bond motifs is 10. The van der Waals surface area contributed by atoms with E-state index < -0.39 is 0 Å². The number of furan rings is 1. The normalized spacial score (nSPS) is 13.2. The quantitative estimate of drug-likeness (QED) is 0.176. The SMILES string of the molecule is CC1(C)c2ccccc2-c2cc(N(c3ccc(-c4cccc5oc6cc7oc(-c8ccccc8)nc7cc6c45)cc3)c3ccc4sc5ccccc5c4c3)ccc21. The first-order valence-electron chi connectivity index (χ1n) is 19.4. The molecule has 4 nitrogen and oxygen atoms in total. The summed E-state index contributed by atoms with van der Waals surface area (Å²) in [5.74, 6) is 0.602. The lowest BCUT2D eigenvalue weighted by Crippen LogP contribution is -2.15. The molecule has 0 spiro atoms. The van der Waals surface area contributed by atoms with Crippen molar-refractivity contribution in [2.24, 2.45) is 0 Å². The minimum absolute atomic E-state index is 0.0622. The van der Waals surface area contributed by atoms with Crippen molar-refractivity contribution in [2.45, 2.75) is 19.3 Å². The van der Waals surface area contributed by atoms with Crippen molar-refractivity contribution < 1.29 is 8.83 Å². The van der Waals surface area contributed by atoms with Gasteiger partial charge in [-0.1, -0.05) is 105 Å². The number of oxazole rings is 1. The van der Waals surface area contributed by atoms with E-state index in [1.165, 1.54) is 42.4 Å². The van der Waals surface area contributed by atoms with Gasteiger partial charge in [-0.25, -0.2) is 4.98 Å². The summed E-state index contributed by atoms with van der Waals surface area (Å²) in [5, 5.41) is 4.65. The van der Waals surface area contributed by atoms with E-state index in [-0.39, 0.29) is 5.41 Å². The second-order valence-corrected chi connectivity index (χ2v) is 16.6. The van der Waals surface area contributed by atoms with Crippen molar-refractivity contribution in [3.63, 3.8) is 0 Å². The number of benzene rings is 8. The van der Waals surface area contributed by atoms with Gasteiger partial charge in [-0.05, 0) is 106 Å². The Morgan fingerprint density at radius 1 is 0.474 bits per heavy atom. The zero-order valence-corrected chi connectivity index (χ0v) is 32.1. The zero-order chi connectivity index (χ0) is 37.8. The predicted molar refractivity (Wildman–Crippen MR) is 237 cm³/mol. The molecule has 0 fully saturated rings. The molecule has 1 aliphatic carbocycles. The van der Waals surface area contributed by atoms with Crippen LogP contribution in [0.2, 0.25) is 0 Å². The van der Waals surface area contributed by atoms with Crippen molar-refractivity contribution in [1.82, 2.24) is 4.98 Å². The van der Waals surface area contributed by atoms with Crippen molar-refractivity contribution in [3.05, 3.63) is 181 Å². The summed E-state index contributed by atoms with van der Waals surface area (Å²) >= 11 is 1.85. The monoisotopic (exact) mass is 750 g/mol. The van der Waals surface area contributed by atoms with E-state index in [1.807, 2.05) is 53.8 Å². The summed E-state index contributed by atoms with van der Waals surface area (Å²) in [6.45, 7) is 4.67. The summed E-state index contributed by atoms with van der Waals surface area (Å²) in [7, 11) is 0. The lowest BCUT2D eigenvalue weighted by molar-refractivity contribution is 0.617. The molecule has 57 heavy (non-hydrogen) atoms. The van der Waals surface area contributed by atoms with Gasteiger partial charge in [-0.15, -0.1) is 11.3 Å². The molecule has 0 amide bonds. The summed E-state index contributed by atoms with van der Waals surface area (Å²) in [4.78, 5) is 7.28. The van der Waals surface area contributed by atoms with Crippen LogP contribution >= 0.6 is 11.3 Å². The number of nitrogens with zero attached hydrogens (tertiary/aromatic N) is 2. The highest BCUT2D eigenvalue weighted by atomic mass is 32.1. The molecular formula is C52H34N2O2S. The molecule has 5 heteroatoms. The standard InChI is InChI=1S/C52H34N2O2S/c1-52(2)42-16-8-6-13-37(42)39-27-34(23-25-43(39)52)54(35-24-26-49-40(28-35)38-14-7-9-18-48(38)57-49)33-21-19-31(20-22-33)36-15-10-17-45-50(36)41-29-44-47(30-46(41)55-45)56-51(53-44)32-11-4-3-5-12-32/h3-30H,1-2H3. The molecule has 0 unspecified atom stereocenters. The molecule has 1 aliphatic rings. The van der Waals surface area contributed by atoms with Crippen LogP contribution in [-0.4, -0.2) is 4.98 Å². The number of hydrogen-bond donors (Lipinski definition) is 0. The summed E-state index contributed by atoms with van der Waals surface area (Å²) in [6.07, 6.45) is 0. The van der Waals surface area contributed by atoms with Crippen LogP contribution in [0.25, 0.3) is 86.9 Å². The average molecular weight is 751 g/mol. The average Bonchev–Trinajstić information content (AvgIpc) is 4.00. The fourth-order valence-electron chi connectivity index (χ4n) is 9.13. The van der Waals surface area contributed by atoms with Crippen LogP contribution in [0.1, 0.15) is 25.0 Å². The molecular weight excluding hydrogens is 717 g/mol. The van der Waals surface area contributed by atoms with Gasteiger partial charge in [0.15, 0.2) is 5.58 Å². The topological polar surface area (TPSA) is 42.4 Å². The minimum atomic E-state index is -0.0622. The zero-order valence-electron chi connectivity index (χ0n) is 31.3. The van der Waals surface area contributed by atoms with Crippen LogP contribution in [0.3, 0.4) is 0 Å². The largest absolute Gasteiger partial charge is 0.456 e. The summed E-state index contributed by atoms with van der Waals surface area (Å²) < 4.78 is 15.2. The van der Waals surface area contributed by atoms with E-state index in [2.05, 4.69) is 146 Å². The van der Waals surface area contributed by atoms with Crippen LogP contribution in [-0.2, 0) is 5.41 Å². The van der Waals surface area contributed by atoms with Crippen LogP contribution in [0.5, 0.6) is 0 Å². The van der Waals surface area contributed by atoms with Crippen molar-refractivity contribution in [1.29, 1.82) is 0 Å². The second-order valence-electron chi connectivity index (χ2n) is 15.5. The number of anilines is 3. The third kappa shape index (κ3) is 4.89. The van der Waals surface area contributed by atoms with E-state index in [1.54, 1.807) is 0 Å². The number of rotatable bonds is 5. The van der Waals surface area contributed by atoms with E-state index in [9.17, 15) is 0 Å². The lowest BCUT2D eigenvalue weighted by Gasteiger charge is -2.27. The van der Waals surface area contributed by atoms with Gasteiger partial charge < -0.3 is 13.7 Å². The Balaban J connectivity index is 1.00. The third-order valence-electron chi connectivity index (χ3n) is 11.9. The Morgan fingerprint density at radius 3 is 2.09 bits per heavy atom. The van der Waals surface area contributed by atoms with Crippen LogP contribution in [0.4, 0.5) is 17.1 Å². The number of aromatic nitrogens is 1. The molecule has 0 saturated heterocycles. The fourth-order valence-corrected chi connectivity index (χ4v) is 10.2. The highest BCUT2D eigenvalue weighted by Gasteiger charge is 2.35. The van der Waals surface area contributed by atoms with Gasteiger partial charge in [-0.2, -0.15) is 0 Å². The van der Waals surface area contributed by atoms with E-state index in [0.717, 1.165) is 61.2 Å². The summed E-state index contributed by atoms with van der Waals surface area (Å²) in [6, 6.07) is 60.9. The Hall–Kier alpha value is -6.95. The molecule has 0 N–H and O–H groups in total. The Morgan fingerprint density at radius 2 is 1.19 bits per heavy atom. The molecule has 8 aromatic carbocycles.